The van der Waals surface area contributed by atoms with E-state index in [4.69, 9.17) is 0 Å². The summed E-state index contributed by atoms with van der Waals surface area (Å²) in [6.45, 7) is 3.79. The minimum absolute atomic E-state index is 0.176. The largest absolute Gasteiger partial charge is 0.326 e. The number of aryl methyl sites for hydroxylation is 2. The van der Waals surface area contributed by atoms with Gasteiger partial charge in [-0.3, -0.25) is 9.48 Å². The van der Waals surface area contributed by atoms with Gasteiger partial charge >= 0.3 is 0 Å². The molecule has 0 saturated carbocycles. The van der Waals surface area contributed by atoms with Crippen LogP contribution >= 0.6 is 0 Å². The molecule has 0 fully saturated rings. The lowest BCUT2D eigenvalue weighted by Crippen LogP contribution is -2.15. The molecular formula is C14H16FN3O. The van der Waals surface area contributed by atoms with Gasteiger partial charge in [0.15, 0.2) is 0 Å². The number of anilines is 1. The van der Waals surface area contributed by atoms with Crippen molar-refractivity contribution in [1.29, 1.82) is 0 Å². The Bertz CT molecular complexity index is 619. The van der Waals surface area contributed by atoms with E-state index in [1.54, 1.807) is 16.8 Å². The van der Waals surface area contributed by atoms with Crippen molar-refractivity contribution in [1.82, 2.24) is 9.78 Å². The zero-order valence-electron chi connectivity index (χ0n) is 11.2. The number of rotatable bonds is 3. The van der Waals surface area contributed by atoms with Crippen molar-refractivity contribution in [2.75, 3.05) is 5.32 Å². The van der Waals surface area contributed by atoms with Crippen molar-refractivity contribution in [2.45, 2.75) is 20.3 Å². The van der Waals surface area contributed by atoms with Crippen molar-refractivity contribution >= 4 is 11.6 Å². The van der Waals surface area contributed by atoms with Gasteiger partial charge < -0.3 is 5.32 Å². The molecule has 1 amide bonds. The summed E-state index contributed by atoms with van der Waals surface area (Å²) in [5, 5.41) is 6.94. The number of hydrogen-bond donors (Lipinski definition) is 1. The molecule has 0 unspecified atom stereocenters. The van der Waals surface area contributed by atoms with Gasteiger partial charge in [0.1, 0.15) is 5.82 Å². The summed E-state index contributed by atoms with van der Waals surface area (Å²) in [5.74, 6) is -0.545. The van der Waals surface area contributed by atoms with Crippen LogP contribution in [0.25, 0.3) is 0 Å². The standard InChI is InChI=1S/C14H16FN3O/c1-9-13(10(2)18(3)17-9)8-14(19)16-12-6-4-5-11(15)7-12/h4-7H,8H2,1-3H3,(H,16,19). The van der Waals surface area contributed by atoms with Gasteiger partial charge in [-0.15, -0.1) is 0 Å². The maximum absolute atomic E-state index is 13.0. The van der Waals surface area contributed by atoms with Gasteiger partial charge in [-0.25, -0.2) is 4.39 Å². The summed E-state index contributed by atoms with van der Waals surface area (Å²) in [6, 6.07) is 5.85. The van der Waals surface area contributed by atoms with Crippen molar-refractivity contribution < 1.29 is 9.18 Å². The summed E-state index contributed by atoms with van der Waals surface area (Å²) in [6.07, 6.45) is 0.238. The highest BCUT2D eigenvalue weighted by Gasteiger charge is 2.13. The first-order valence-electron chi connectivity index (χ1n) is 6.02. The molecule has 19 heavy (non-hydrogen) atoms. The molecule has 5 heteroatoms. The third kappa shape index (κ3) is 2.99. The van der Waals surface area contributed by atoms with E-state index < -0.39 is 0 Å². The molecule has 1 aromatic heterocycles. The Balaban J connectivity index is 2.09. The Kier molecular flexibility index (Phi) is 3.64. The summed E-state index contributed by atoms with van der Waals surface area (Å²) in [5.41, 5.74) is 3.18. The quantitative estimate of drug-likeness (QED) is 0.922. The van der Waals surface area contributed by atoms with Crippen LogP contribution in [0.3, 0.4) is 0 Å². The average Bonchev–Trinajstić information content (AvgIpc) is 2.56. The zero-order valence-corrected chi connectivity index (χ0v) is 11.2. The smallest absolute Gasteiger partial charge is 0.228 e. The molecule has 0 saturated heterocycles. The maximum Gasteiger partial charge on any atom is 0.228 e. The number of amides is 1. The van der Waals surface area contributed by atoms with Crippen molar-refractivity contribution in [2.24, 2.45) is 7.05 Å². The van der Waals surface area contributed by atoms with Crippen molar-refractivity contribution in [3.8, 4) is 0 Å². The molecular weight excluding hydrogens is 245 g/mol. The molecule has 0 aliphatic rings. The Labute approximate surface area is 111 Å². The maximum atomic E-state index is 13.0. The third-order valence-corrected chi connectivity index (χ3v) is 3.10. The van der Waals surface area contributed by atoms with E-state index >= 15 is 0 Å². The minimum atomic E-state index is -0.369. The van der Waals surface area contributed by atoms with Gasteiger partial charge in [0.25, 0.3) is 0 Å². The number of aromatic nitrogens is 2. The highest BCUT2D eigenvalue weighted by molar-refractivity contribution is 5.92. The van der Waals surface area contributed by atoms with Gasteiger partial charge in [-0.2, -0.15) is 5.10 Å². The topological polar surface area (TPSA) is 46.9 Å². The number of carbonyl (C=O) groups is 1. The van der Waals surface area contributed by atoms with E-state index in [1.807, 2.05) is 20.9 Å². The number of hydrogen-bond acceptors (Lipinski definition) is 2. The molecule has 0 bridgehead atoms. The highest BCUT2D eigenvalue weighted by atomic mass is 19.1. The molecule has 4 nitrogen and oxygen atoms in total. The molecule has 0 aliphatic carbocycles. The number of benzene rings is 1. The van der Waals surface area contributed by atoms with Gasteiger partial charge in [-0.1, -0.05) is 6.07 Å². The molecule has 1 heterocycles. The lowest BCUT2D eigenvalue weighted by atomic mass is 10.1. The monoisotopic (exact) mass is 261 g/mol. The fourth-order valence-electron chi connectivity index (χ4n) is 2.01. The number of nitrogens with zero attached hydrogens (tertiary/aromatic N) is 2. The summed E-state index contributed by atoms with van der Waals surface area (Å²) < 4.78 is 14.8. The van der Waals surface area contributed by atoms with Crippen LogP contribution < -0.4 is 5.32 Å². The van der Waals surface area contributed by atoms with Gasteiger partial charge in [0, 0.05) is 24.0 Å². The fraction of sp³-hybridized carbons (Fsp3) is 0.286. The van der Waals surface area contributed by atoms with Gasteiger partial charge in [-0.05, 0) is 32.0 Å². The molecule has 2 rings (SSSR count). The Morgan fingerprint density at radius 1 is 1.42 bits per heavy atom. The van der Waals surface area contributed by atoms with Crippen LogP contribution in [0.5, 0.6) is 0 Å². The van der Waals surface area contributed by atoms with Gasteiger partial charge in [0.2, 0.25) is 5.91 Å². The number of halogens is 1. The lowest BCUT2D eigenvalue weighted by molar-refractivity contribution is -0.115. The second kappa shape index (κ2) is 5.22. The second-order valence-electron chi connectivity index (χ2n) is 4.51. The average molecular weight is 261 g/mol. The minimum Gasteiger partial charge on any atom is -0.326 e. The van der Waals surface area contributed by atoms with E-state index in [0.29, 0.717) is 5.69 Å². The number of nitrogens with one attached hydrogen (secondary N) is 1. The van der Waals surface area contributed by atoms with Crippen LogP contribution in [0.1, 0.15) is 17.0 Å². The molecule has 100 valence electrons. The SMILES string of the molecule is Cc1nn(C)c(C)c1CC(=O)Nc1cccc(F)c1. The van der Waals surface area contributed by atoms with Crippen LogP contribution in [-0.2, 0) is 18.3 Å². The first kappa shape index (κ1) is 13.3. The summed E-state index contributed by atoms with van der Waals surface area (Å²) in [7, 11) is 1.84. The van der Waals surface area contributed by atoms with E-state index in [2.05, 4.69) is 10.4 Å². The molecule has 2 aromatic rings. The van der Waals surface area contributed by atoms with Crippen LogP contribution in [0, 0.1) is 19.7 Å². The second-order valence-corrected chi connectivity index (χ2v) is 4.51. The van der Waals surface area contributed by atoms with Crippen LogP contribution in [0.2, 0.25) is 0 Å². The predicted molar refractivity (Wildman–Crippen MR) is 71.4 cm³/mol. The van der Waals surface area contributed by atoms with Crippen molar-refractivity contribution in [3.05, 3.63) is 47.0 Å². The van der Waals surface area contributed by atoms with E-state index in [-0.39, 0.29) is 18.1 Å². The lowest BCUT2D eigenvalue weighted by Gasteiger charge is -2.05. The Hall–Kier alpha value is -2.17. The summed E-state index contributed by atoms with van der Waals surface area (Å²) >= 11 is 0. The molecule has 0 atom stereocenters. The first-order valence-corrected chi connectivity index (χ1v) is 6.02. The van der Waals surface area contributed by atoms with E-state index in [9.17, 15) is 9.18 Å². The van der Waals surface area contributed by atoms with Gasteiger partial charge in [0.05, 0.1) is 12.1 Å². The predicted octanol–water partition coefficient (Wildman–Crippen LogP) is 2.36. The molecule has 0 spiro atoms. The normalized spacial score (nSPS) is 10.5. The van der Waals surface area contributed by atoms with Crippen LogP contribution in [-0.4, -0.2) is 15.7 Å². The van der Waals surface area contributed by atoms with Crippen molar-refractivity contribution in [3.63, 3.8) is 0 Å². The molecule has 1 N–H and O–H groups in total. The zero-order chi connectivity index (χ0) is 14.0. The molecule has 1 aromatic carbocycles. The van der Waals surface area contributed by atoms with E-state index in [0.717, 1.165) is 17.0 Å². The summed E-state index contributed by atoms with van der Waals surface area (Å²) in [4.78, 5) is 11.9. The first-order chi connectivity index (χ1) is 8.97. The highest BCUT2D eigenvalue weighted by Crippen LogP contribution is 2.14. The fourth-order valence-corrected chi connectivity index (χ4v) is 2.01. The Morgan fingerprint density at radius 2 is 2.16 bits per heavy atom. The molecule has 0 radical (unpaired) electrons. The van der Waals surface area contributed by atoms with E-state index in [1.165, 1.54) is 12.1 Å². The molecule has 0 aliphatic heterocycles. The number of carbonyl (C=O) groups excluding carboxylic acids is 1. The Morgan fingerprint density at radius 3 is 2.74 bits per heavy atom. The van der Waals surface area contributed by atoms with Crippen LogP contribution in [0.4, 0.5) is 10.1 Å². The van der Waals surface area contributed by atoms with Crippen LogP contribution in [0.15, 0.2) is 24.3 Å². The third-order valence-electron chi connectivity index (χ3n) is 3.10.